The molecule has 0 radical (unpaired) electrons. The average Bonchev–Trinajstić information content (AvgIpc) is 3.12. The number of fused-ring (bicyclic) bond motifs is 1. The van der Waals surface area contributed by atoms with E-state index in [2.05, 4.69) is 0 Å². The second-order valence-electron chi connectivity index (χ2n) is 5.40. The minimum Gasteiger partial charge on any atom is -0.480 e. The van der Waals surface area contributed by atoms with Crippen LogP contribution in [-0.2, 0) is 16.1 Å². The van der Waals surface area contributed by atoms with Crippen LogP contribution >= 0.6 is 0 Å². The molecule has 21 heavy (non-hydrogen) atoms. The fourth-order valence-corrected chi connectivity index (χ4v) is 3.02. The largest absolute Gasteiger partial charge is 0.480 e. The number of aryl methyl sites for hydroxylation is 1. The van der Waals surface area contributed by atoms with E-state index < -0.39 is 12.0 Å². The summed E-state index contributed by atoms with van der Waals surface area (Å²) in [6, 6.07) is 9.40. The zero-order valence-electron chi connectivity index (χ0n) is 11.7. The van der Waals surface area contributed by atoms with Crippen LogP contribution in [0, 0.1) is 0 Å². The number of nitrogens with zero attached hydrogens (tertiary/aromatic N) is 2. The zero-order chi connectivity index (χ0) is 14.8. The Bertz CT molecular complexity index is 677. The van der Waals surface area contributed by atoms with E-state index in [1.54, 1.807) is 0 Å². The highest BCUT2D eigenvalue weighted by Gasteiger charge is 2.33. The molecule has 1 atom stereocenters. The number of aromatic nitrogens is 1. The number of carboxylic acids is 1. The number of likely N-dealkylation sites (tertiary alicyclic amines) is 1. The lowest BCUT2D eigenvalue weighted by atomic mass is 10.2. The molecule has 0 bridgehead atoms. The number of rotatable bonds is 4. The number of carbonyl (C=O) groups is 2. The lowest BCUT2D eigenvalue weighted by Crippen LogP contribution is -2.40. The van der Waals surface area contributed by atoms with Gasteiger partial charge in [0.1, 0.15) is 6.04 Å². The number of amides is 1. The maximum atomic E-state index is 12.2. The lowest BCUT2D eigenvalue weighted by Gasteiger charge is -2.21. The van der Waals surface area contributed by atoms with Crippen molar-refractivity contribution in [2.24, 2.45) is 0 Å². The molecule has 1 N–H and O–H groups in total. The van der Waals surface area contributed by atoms with Crippen molar-refractivity contribution in [3.8, 4) is 0 Å². The minimum absolute atomic E-state index is 0.0716. The van der Waals surface area contributed by atoms with E-state index in [1.165, 1.54) is 4.90 Å². The van der Waals surface area contributed by atoms with Gasteiger partial charge in [-0.05, 0) is 30.4 Å². The first-order valence-corrected chi connectivity index (χ1v) is 7.23. The second-order valence-corrected chi connectivity index (χ2v) is 5.40. The van der Waals surface area contributed by atoms with Crippen LogP contribution in [0.3, 0.4) is 0 Å². The third-order valence-corrected chi connectivity index (χ3v) is 4.11. The Kier molecular flexibility index (Phi) is 3.64. The first-order valence-electron chi connectivity index (χ1n) is 7.23. The maximum Gasteiger partial charge on any atom is 0.326 e. The molecule has 2 heterocycles. The highest BCUT2D eigenvalue weighted by Crippen LogP contribution is 2.20. The van der Waals surface area contributed by atoms with E-state index in [1.807, 2.05) is 41.1 Å². The smallest absolute Gasteiger partial charge is 0.326 e. The molecular formula is C16H18N2O3. The molecule has 5 heteroatoms. The molecule has 5 nitrogen and oxygen atoms in total. The summed E-state index contributed by atoms with van der Waals surface area (Å²) in [6.45, 7) is 1.14. The van der Waals surface area contributed by atoms with Gasteiger partial charge in [0.15, 0.2) is 0 Å². The quantitative estimate of drug-likeness (QED) is 0.936. The third-order valence-electron chi connectivity index (χ3n) is 4.11. The summed E-state index contributed by atoms with van der Waals surface area (Å²) in [7, 11) is 0. The molecule has 1 aliphatic rings. The summed E-state index contributed by atoms with van der Waals surface area (Å²) >= 11 is 0. The summed E-state index contributed by atoms with van der Waals surface area (Å²) in [4.78, 5) is 24.9. The van der Waals surface area contributed by atoms with Crippen LogP contribution in [0.2, 0.25) is 0 Å². The van der Waals surface area contributed by atoms with Crippen LogP contribution in [0.15, 0.2) is 36.5 Å². The van der Waals surface area contributed by atoms with Gasteiger partial charge in [-0.2, -0.15) is 0 Å². The van der Waals surface area contributed by atoms with Gasteiger partial charge in [-0.1, -0.05) is 18.2 Å². The molecule has 1 aliphatic heterocycles. The summed E-state index contributed by atoms with van der Waals surface area (Å²) in [5, 5.41) is 10.3. The van der Waals surface area contributed by atoms with Crippen molar-refractivity contribution in [3.63, 3.8) is 0 Å². The predicted octanol–water partition coefficient (Wildman–Crippen LogP) is 2.11. The molecule has 2 aromatic rings. The predicted molar refractivity (Wildman–Crippen MR) is 78.9 cm³/mol. The molecule has 1 fully saturated rings. The topological polar surface area (TPSA) is 62.5 Å². The van der Waals surface area contributed by atoms with Gasteiger partial charge in [0.25, 0.3) is 0 Å². The van der Waals surface area contributed by atoms with Crippen molar-refractivity contribution in [1.29, 1.82) is 0 Å². The number of aliphatic carboxylic acids is 1. The average molecular weight is 286 g/mol. The number of para-hydroxylation sites is 1. The standard InChI is InChI=1S/C16H18N2O3/c19-15(18-9-3-6-14(18)16(20)21)8-11-17-10-7-12-4-1-2-5-13(12)17/h1-2,4-5,7,10,14H,3,6,8-9,11H2,(H,20,21). The summed E-state index contributed by atoms with van der Waals surface area (Å²) < 4.78 is 2.04. The Morgan fingerprint density at radius 3 is 2.86 bits per heavy atom. The zero-order valence-corrected chi connectivity index (χ0v) is 11.7. The molecule has 1 unspecified atom stereocenters. The van der Waals surface area contributed by atoms with Gasteiger partial charge in [0.05, 0.1) is 0 Å². The Hall–Kier alpha value is -2.30. The monoisotopic (exact) mass is 286 g/mol. The van der Waals surface area contributed by atoms with Crippen molar-refractivity contribution in [1.82, 2.24) is 9.47 Å². The van der Waals surface area contributed by atoms with Gasteiger partial charge in [-0.25, -0.2) is 4.79 Å². The van der Waals surface area contributed by atoms with Crippen LogP contribution in [0.4, 0.5) is 0 Å². The van der Waals surface area contributed by atoms with Crippen molar-refractivity contribution in [2.75, 3.05) is 6.54 Å². The molecule has 0 spiro atoms. The van der Waals surface area contributed by atoms with E-state index in [9.17, 15) is 9.59 Å². The molecule has 1 aromatic carbocycles. The molecule has 0 saturated carbocycles. The van der Waals surface area contributed by atoms with Gasteiger partial charge in [0.2, 0.25) is 5.91 Å². The Labute approximate surface area is 122 Å². The third kappa shape index (κ3) is 2.63. The minimum atomic E-state index is -0.896. The Morgan fingerprint density at radius 1 is 1.24 bits per heavy atom. The van der Waals surface area contributed by atoms with Crippen LogP contribution in [-0.4, -0.2) is 39.0 Å². The van der Waals surface area contributed by atoms with E-state index in [-0.39, 0.29) is 5.91 Å². The van der Waals surface area contributed by atoms with Crippen molar-refractivity contribution < 1.29 is 14.7 Å². The first-order chi connectivity index (χ1) is 10.2. The summed E-state index contributed by atoms with van der Waals surface area (Å²) in [5.74, 6) is -0.968. The van der Waals surface area contributed by atoms with Crippen LogP contribution in [0.5, 0.6) is 0 Å². The normalized spacial score (nSPS) is 18.3. The van der Waals surface area contributed by atoms with Crippen molar-refractivity contribution in [3.05, 3.63) is 36.5 Å². The molecule has 110 valence electrons. The lowest BCUT2D eigenvalue weighted by molar-refractivity contribution is -0.148. The van der Waals surface area contributed by atoms with Crippen LogP contribution in [0.1, 0.15) is 19.3 Å². The molecule has 3 rings (SSSR count). The highest BCUT2D eigenvalue weighted by atomic mass is 16.4. The van der Waals surface area contributed by atoms with Crippen LogP contribution < -0.4 is 0 Å². The number of carbonyl (C=O) groups excluding carboxylic acids is 1. The fourth-order valence-electron chi connectivity index (χ4n) is 3.02. The number of benzene rings is 1. The van der Waals surface area contributed by atoms with E-state index in [0.29, 0.717) is 25.9 Å². The van der Waals surface area contributed by atoms with E-state index in [0.717, 1.165) is 17.3 Å². The summed E-state index contributed by atoms with van der Waals surface area (Å²) in [5.41, 5.74) is 1.10. The Morgan fingerprint density at radius 2 is 2.05 bits per heavy atom. The van der Waals surface area contributed by atoms with Crippen molar-refractivity contribution >= 4 is 22.8 Å². The van der Waals surface area contributed by atoms with Gasteiger partial charge < -0.3 is 14.6 Å². The number of hydrogen-bond acceptors (Lipinski definition) is 2. The van der Waals surface area contributed by atoms with Gasteiger partial charge in [-0.15, -0.1) is 0 Å². The second kappa shape index (κ2) is 5.60. The van der Waals surface area contributed by atoms with Gasteiger partial charge >= 0.3 is 5.97 Å². The van der Waals surface area contributed by atoms with Crippen LogP contribution in [0.25, 0.3) is 10.9 Å². The van der Waals surface area contributed by atoms with E-state index >= 15 is 0 Å². The molecule has 1 amide bonds. The molecular weight excluding hydrogens is 268 g/mol. The highest BCUT2D eigenvalue weighted by molar-refractivity contribution is 5.84. The first kappa shape index (κ1) is 13.7. The molecule has 0 aliphatic carbocycles. The number of carboxylic acid groups (broad SMARTS) is 1. The SMILES string of the molecule is O=C(O)C1CCCN1C(=O)CCn1ccc2ccccc21. The number of hydrogen-bond donors (Lipinski definition) is 1. The fraction of sp³-hybridized carbons (Fsp3) is 0.375. The molecule has 1 aromatic heterocycles. The van der Waals surface area contributed by atoms with Crippen molar-refractivity contribution in [2.45, 2.75) is 31.8 Å². The summed E-state index contributed by atoms with van der Waals surface area (Å²) in [6.07, 6.45) is 3.64. The van der Waals surface area contributed by atoms with Gasteiger partial charge in [-0.3, -0.25) is 4.79 Å². The van der Waals surface area contributed by atoms with E-state index in [4.69, 9.17) is 5.11 Å². The Balaban J connectivity index is 1.67. The maximum absolute atomic E-state index is 12.2. The van der Waals surface area contributed by atoms with Gasteiger partial charge in [0, 0.05) is 31.2 Å². The molecule has 1 saturated heterocycles.